The first kappa shape index (κ1) is 19.4. The van der Waals surface area contributed by atoms with Crippen molar-refractivity contribution in [1.29, 1.82) is 0 Å². The summed E-state index contributed by atoms with van der Waals surface area (Å²) in [6, 6.07) is 15.9. The fourth-order valence-corrected chi connectivity index (χ4v) is 3.12. The van der Waals surface area contributed by atoms with Crippen LogP contribution in [-0.4, -0.2) is 25.1 Å². The maximum Gasteiger partial charge on any atom is 0.338 e. The summed E-state index contributed by atoms with van der Waals surface area (Å²) >= 11 is 0. The predicted molar refractivity (Wildman–Crippen MR) is 110 cm³/mol. The minimum Gasteiger partial charge on any atom is -0.495 e. The fourth-order valence-electron chi connectivity index (χ4n) is 3.12. The number of methoxy groups -OCH3 is 1. The second kappa shape index (κ2) is 7.87. The van der Waals surface area contributed by atoms with Crippen LogP contribution in [0.2, 0.25) is 0 Å². The molecule has 0 aliphatic heterocycles. The van der Waals surface area contributed by atoms with Gasteiger partial charge in [-0.2, -0.15) is 0 Å². The molecule has 30 heavy (non-hydrogen) atoms. The van der Waals surface area contributed by atoms with Crippen molar-refractivity contribution in [3.63, 3.8) is 0 Å². The number of amides is 1. The van der Waals surface area contributed by atoms with Crippen LogP contribution in [0.3, 0.4) is 0 Å². The van der Waals surface area contributed by atoms with Crippen molar-refractivity contribution < 1.29 is 27.9 Å². The summed E-state index contributed by atoms with van der Waals surface area (Å²) in [4.78, 5) is 24.7. The van der Waals surface area contributed by atoms with Crippen LogP contribution < -0.4 is 10.1 Å². The number of para-hydroxylation sites is 1. The second-order valence-corrected chi connectivity index (χ2v) is 6.69. The molecule has 0 bridgehead atoms. The Kier molecular flexibility index (Phi) is 5.10. The van der Waals surface area contributed by atoms with Crippen molar-refractivity contribution in [2.24, 2.45) is 0 Å². The van der Waals surface area contributed by atoms with E-state index in [2.05, 4.69) is 5.32 Å². The second-order valence-electron chi connectivity index (χ2n) is 6.69. The van der Waals surface area contributed by atoms with Gasteiger partial charge in [0.25, 0.3) is 5.91 Å². The van der Waals surface area contributed by atoms with E-state index >= 15 is 0 Å². The number of benzene rings is 3. The summed E-state index contributed by atoms with van der Waals surface area (Å²) in [5.74, 6) is -1.29. The molecule has 1 aromatic heterocycles. The fraction of sp³-hybridized carbons (Fsp3) is 0.130. The van der Waals surface area contributed by atoms with Crippen molar-refractivity contribution in [1.82, 2.24) is 0 Å². The van der Waals surface area contributed by atoms with E-state index in [4.69, 9.17) is 13.9 Å². The van der Waals surface area contributed by atoms with Gasteiger partial charge in [-0.05, 0) is 43.3 Å². The maximum absolute atomic E-state index is 13.0. The highest BCUT2D eigenvalue weighted by atomic mass is 19.1. The molecule has 152 valence electrons. The molecule has 0 radical (unpaired) electrons. The minimum atomic E-state index is -1.08. The van der Waals surface area contributed by atoms with Crippen LogP contribution in [0, 0.1) is 5.82 Å². The molecular formula is C23H18FNO5. The lowest BCUT2D eigenvalue weighted by Gasteiger charge is -2.15. The van der Waals surface area contributed by atoms with Crippen LogP contribution in [0.15, 0.2) is 65.1 Å². The Morgan fingerprint density at radius 1 is 1.00 bits per heavy atom. The molecule has 0 saturated carbocycles. The zero-order chi connectivity index (χ0) is 21.3. The van der Waals surface area contributed by atoms with Crippen molar-refractivity contribution in [2.75, 3.05) is 12.4 Å². The van der Waals surface area contributed by atoms with Gasteiger partial charge in [0.1, 0.15) is 22.7 Å². The average Bonchev–Trinajstić information content (AvgIpc) is 3.10. The molecule has 1 N–H and O–H groups in total. The Morgan fingerprint density at radius 2 is 1.73 bits per heavy atom. The first-order valence-electron chi connectivity index (χ1n) is 9.23. The number of furan rings is 1. The predicted octanol–water partition coefficient (Wildman–Crippen LogP) is 4.92. The Labute approximate surface area is 171 Å². The molecular weight excluding hydrogens is 389 g/mol. The Morgan fingerprint density at radius 3 is 2.47 bits per heavy atom. The lowest BCUT2D eigenvalue weighted by atomic mass is 10.1. The van der Waals surface area contributed by atoms with Gasteiger partial charge < -0.3 is 19.2 Å². The van der Waals surface area contributed by atoms with Gasteiger partial charge in [-0.1, -0.05) is 18.2 Å². The molecule has 0 aliphatic rings. The van der Waals surface area contributed by atoms with E-state index in [1.165, 1.54) is 26.2 Å². The van der Waals surface area contributed by atoms with Crippen molar-refractivity contribution in [3.8, 4) is 5.75 Å². The number of esters is 1. The van der Waals surface area contributed by atoms with Crippen molar-refractivity contribution in [2.45, 2.75) is 13.0 Å². The largest absolute Gasteiger partial charge is 0.495 e. The van der Waals surface area contributed by atoms with Crippen molar-refractivity contribution in [3.05, 3.63) is 72.0 Å². The van der Waals surface area contributed by atoms with Gasteiger partial charge >= 0.3 is 5.97 Å². The summed E-state index contributed by atoms with van der Waals surface area (Å²) in [5.41, 5.74) is 1.85. The van der Waals surface area contributed by atoms with E-state index in [0.29, 0.717) is 17.0 Å². The van der Waals surface area contributed by atoms with Crippen LogP contribution >= 0.6 is 0 Å². The maximum atomic E-state index is 13.0. The smallest absolute Gasteiger partial charge is 0.338 e. The van der Waals surface area contributed by atoms with E-state index in [9.17, 15) is 14.0 Å². The zero-order valence-corrected chi connectivity index (χ0v) is 16.3. The van der Waals surface area contributed by atoms with Crippen LogP contribution in [0.25, 0.3) is 21.9 Å². The Bertz CT molecular complexity index is 1250. The topological polar surface area (TPSA) is 77.8 Å². The minimum absolute atomic E-state index is 0.150. The lowest BCUT2D eigenvalue weighted by Crippen LogP contribution is -2.30. The standard InChI is InChI=1S/C23H18FNO5/c1-13(29-23(27)14-7-9-15(24)10-8-14)22(26)25-18-12-20-17(11-21(18)28-2)16-5-3-4-6-19(16)30-20/h3-13H,1-2H3,(H,25,26)/t13-/m0/s1. The monoisotopic (exact) mass is 407 g/mol. The third-order valence-corrected chi connectivity index (χ3v) is 4.69. The van der Waals surface area contributed by atoms with Crippen LogP contribution in [0.4, 0.5) is 10.1 Å². The molecule has 6 nitrogen and oxygen atoms in total. The molecule has 1 amide bonds. The summed E-state index contributed by atoms with van der Waals surface area (Å²) in [7, 11) is 1.50. The Balaban J connectivity index is 1.55. The SMILES string of the molecule is COc1cc2c(cc1NC(=O)[C@H](C)OC(=O)c1ccc(F)cc1)oc1ccccc12. The number of carbonyl (C=O) groups excluding carboxylic acids is 2. The quantitative estimate of drug-likeness (QED) is 0.475. The van der Waals surface area contributed by atoms with E-state index in [1.54, 1.807) is 12.1 Å². The summed E-state index contributed by atoms with van der Waals surface area (Å²) in [6.45, 7) is 1.45. The molecule has 0 unspecified atom stereocenters. The molecule has 4 rings (SSSR count). The number of halogens is 1. The third-order valence-electron chi connectivity index (χ3n) is 4.69. The van der Waals surface area contributed by atoms with E-state index in [1.807, 2.05) is 24.3 Å². The third kappa shape index (κ3) is 3.69. The molecule has 4 aromatic rings. The summed E-state index contributed by atoms with van der Waals surface area (Å²) in [5, 5.41) is 4.50. The highest BCUT2D eigenvalue weighted by molar-refractivity contribution is 6.08. The number of anilines is 1. The first-order valence-corrected chi connectivity index (χ1v) is 9.23. The average molecular weight is 407 g/mol. The van der Waals surface area contributed by atoms with Gasteiger partial charge in [0, 0.05) is 16.8 Å². The molecule has 1 heterocycles. The highest BCUT2D eigenvalue weighted by Gasteiger charge is 2.21. The molecule has 3 aromatic carbocycles. The molecule has 0 spiro atoms. The van der Waals surface area contributed by atoms with Gasteiger partial charge in [-0.25, -0.2) is 9.18 Å². The Hall–Kier alpha value is -3.87. The number of rotatable bonds is 5. The van der Waals surface area contributed by atoms with Crippen molar-refractivity contribution >= 4 is 39.5 Å². The normalized spacial score (nSPS) is 12.0. The molecule has 7 heteroatoms. The number of carbonyl (C=O) groups is 2. The number of hydrogen-bond acceptors (Lipinski definition) is 5. The van der Waals surface area contributed by atoms with Crippen LogP contribution in [0.1, 0.15) is 17.3 Å². The molecule has 0 saturated heterocycles. The highest BCUT2D eigenvalue weighted by Crippen LogP contribution is 2.36. The van der Waals surface area contributed by atoms with E-state index < -0.39 is 23.8 Å². The number of fused-ring (bicyclic) bond motifs is 3. The van der Waals surface area contributed by atoms with E-state index in [0.717, 1.165) is 28.5 Å². The van der Waals surface area contributed by atoms with Gasteiger partial charge in [0.15, 0.2) is 6.10 Å². The molecule has 1 atom stereocenters. The summed E-state index contributed by atoms with van der Waals surface area (Å²) in [6.07, 6.45) is -1.08. The van der Waals surface area contributed by atoms with Gasteiger partial charge in [0.2, 0.25) is 0 Å². The number of ether oxygens (including phenoxy) is 2. The van der Waals surface area contributed by atoms with Crippen LogP contribution in [-0.2, 0) is 9.53 Å². The first-order chi connectivity index (χ1) is 14.5. The van der Waals surface area contributed by atoms with Crippen LogP contribution in [0.5, 0.6) is 5.75 Å². The molecule has 0 fully saturated rings. The number of nitrogens with one attached hydrogen (secondary N) is 1. The van der Waals surface area contributed by atoms with Gasteiger partial charge in [-0.3, -0.25) is 4.79 Å². The molecule has 0 aliphatic carbocycles. The lowest BCUT2D eigenvalue weighted by molar-refractivity contribution is -0.123. The number of hydrogen-bond donors (Lipinski definition) is 1. The van der Waals surface area contributed by atoms with E-state index in [-0.39, 0.29) is 5.56 Å². The summed E-state index contributed by atoms with van der Waals surface area (Å²) < 4.78 is 29.4. The zero-order valence-electron chi connectivity index (χ0n) is 16.3. The van der Waals surface area contributed by atoms with Gasteiger partial charge in [0.05, 0.1) is 18.4 Å². The van der Waals surface area contributed by atoms with Gasteiger partial charge in [-0.15, -0.1) is 0 Å².